The van der Waals surface area contributed by atoms with Gasteiger partial charge in [-0.3, -0.25) is 0 Å². The lowest BCUT2D eigenvalue weighted by Crippen LogP contribution is -2.08. The predicted molar refractivity (Wildman–Crippen MR) is 66.5 cm³/mol. The predicted octanol–water partition coefficient (Wildman–Crippen LogP) is 2.63. The summed E-state index contributed by atoms with van der Waals surface area (Å²) in [5, 5.41) is 0. The summed E-state index contributed by atoms with van der Waals surface area (Å²) in [6, 6.07) is 7.19. The summed E-state index contributed by atoms with van der Waals surface area (Å²) in [5.74, 6) is -1.81. The smallest absolute Gasteiger partial charge is 0.367 e. The molecule has 4 heteroatoms. The zero-order valence-corrected chi connectivity index (χ0v) is 10.2. The van der Waals surface area contributed by atoms with E-state index in [0.29, 0.717) is 5.56 Å². The first kappa shape index (κ1) is 13.2. The number of anilines is 1. The number of benzene rings is 1. The van der Waals surface area contributed by atoms with Crippen LogP contribution < -0.4 is 4.90 Å². The van der Waals surface area contributed by atoms with E-state index in [0.717, 1.165) is 11.8 Å². The zero-order valence-electron chi connectivity index (χ0n) is 10.2. The Balaban J connectivity index is 2.80. The second kappa shape index (κ2) is 6.03. The Hall–Kier alpha value is -1.84. The number of ether oxygens (including phenoxy) is 1. The lowest BCUT2D eigenvalue weighted by atomic mass is 10.2. The van der Waals surface area contributed by atoms with Crippen molar-refractivity contribution in [2.45, 2.75) is 6.92 Å². The van der Waals surface area contributed by atoms with Crippen LogP contribution in [0.3, 0.4) is 0 Å². The minimum absolute atomic E-state index is 0.166. The molecule has 0 amide bonds. The fourth-order valence-electron chi connectivity index (χ4n) is 1.27. The van der Waals surface area contributed by atoms with E-state index in [9.17, 15) is 9.18 Å². The minimum Gasteiger partial charge on any atom is -0.461 e. The fourth-order valence-corrected chi connectivity index (χ4v) is 1.27. The number of halogens is 1. The van der Waals surface area contributed by atoms with Gasteiger partial charge in [0.1, 0.15) is 0 Å². The van der Waals surface area contributed by atoms with Crippen LogP contribution in [0, 0.1) is 0 Å². The van der Waals surface area contributed by atoms with Crippen LogP contribution >= 0.6 is 0 Å². The summed E-state index contributed by atoms with van der Waals surface area (Å²) in [7, 11) is 3.84. The highest BCUT2D eigenvalue weighted by atomic mass is 19.1. The molecule has 1 rings (SSSR count). The maximum atomic E-state index is 13.3. The molecular formula is C13H16FNO2. The van der Waals surface area contributed by atoms with Gasteiger partial charge in [0.25, 0.3) is 0 Å². The number of rotatable bonds is 4. The number of nitrogens with zero attached hydrogens (tertiary/aromatic N) is 1. The SMILES string of the molecule is CCOC(=O)/C(F)=C/c1ccc(N(C)C)cc1. The summed E-state index contributed by atoms with van der Waals surface area (Å²) in [6.07, 6.45) is 1.16. The normalized spacial score (nSPS) is 11.2. The number of esters is 1. The molecule has 3 nitrogen and oxygen atoms in total. The Labute approximate surface area is 100 Å². The van der Waals surface area contributed by atoms with Crippen LogP contribution in [0.1, 0.15) is 12.5 Å². The Bertz CT molecular complexity index is 410. The minimum atomic E-state index is -0.927. The Kier molecular flexibility index (Phi) is 4.69. The van der Waals surface area contributed by atoms with Crippen LogP contribution in [0.4, 0.5) is 10.1 Å². The lowest BCUT2D eigenvalue weighted by Gasteiger charge is -2.11. The topological polar surface area (TPSA) is 29.5 Å². The van der Waals surface area contributed by atoms with Gasteiger partial charge in [0, 0.05) is 19.8 Å². The number of carbonyl (C=O) groups excluding carboxylic acids is 1. The second-order valence-corrected chi connectivity index (χ2v) is 3.70. The van der Waals surface area contributed by atoms with Crippen molar-refractivity contribution in [3.63, 3.8) is 0 Å². The largest absolute Gasteiger partial charge is 0.461 e. The molecule has 0 fully saturated rings. The molecule has 0 heterocycles. The van der Waals surface area contributed by atoms with Gasteiger partial charge in [0.05, 0.1) is 6.61 Å². The van der Waals surface area contributed by atoms with E-state index in [1.54, 1.807) is 19.1 Å². The van der Waals surface area contributed by atoms with E-state index in [2.05, 4.69) is 4.74 Å². The summed E-state index contributed by atoms with van der Waals surface area (Å²) < 4.78 is 17.9. The van der Waals surface area contributed by atoms with Gasteiger partial charge in [-0.2, -0.15) is 4.39 Å². The highest BCUT2D eigenvalue weighted by Gasteiger charge is 2.08. The van der Waals surface area contributed by atoms with Crippen molar-refractivity contribution >= 4 is 17.7 Å². The number of hydrogen-bond acceptors (Lipinski definition) is 3. The monoisotopic (exact) mass is 237 g/mol. The van der Waals surface area contributed by atoms with E-state index in [-0.39, 0.29) is 6.61 Å². The molecule has 0 N–H and O–H groups in total. The van der Waals surface area contributed by atoms with Crippen LogP contribution in [0.2, 0.25) is 0 Å². The molecule has 0 atom stereocenters. The molecule has 92 valence electrons. The molecule has 0 saturated carbocycles. The van der Waals surface area contributed by atoms with E-state index >= 15 is 0 Å². The molecule has 17 heavy (non-hydrogen) atoms. The molecule has 0 saturated heterocycles. The molecule has 0 unspecified atom stereocenters. The Morgan fingerprint density at radius 1 is 1.35 bits per heavy atom. The number of hydrogen-bond donors (Lipinski definition) is 0. The van der Waals surface area contributed by atoms with Crippen molar-refractivity contribution in [1.82, 2.24) is 0 Å². The molecular weight excluding hydrogens is 221 g/mol. The van der Waals surface area contributed by atoms with Crippen molar-refractivity contribution in [2.24, 2.45) is 0 Å². The summed E-state index contributed by atoms with van der Waals surface area (Å²) in [6.45, 7) is 1.80. The third kappa shape index (κ3) is 3.90. The van der Waals surface area contributed by atoms with Gasteiger partial charge in [0.2, 0.25) is 5.83 Å². The van der Waals surface area contributed by atoms with Crippen molar-refractivity contribution in [3.05, 3.63) is 35.7 Å². The van der Waals surface area contributed by atoms with Crippen molar-refractivity contribution in [1.29, 1.82) is 0 Å². The Morgan fingerprint density at radius 2 is 1.94 bits per heavy atom. The van der Waals surface area contributed by atoms with Gasteiger partial charge in [0.15, 0.2) is 0 Å². The average molecular weight is 237 g/mol. The summed E-state index contributed by atoms with van der Waals surface area (Å²) >= 11 is 0. The first-order valence-electron chi connectivity index (χ1n) is 5.36. The van der Waals surface area contributed by atoms with Gasteiger partial charge in [-0.15, -0.1) is 0 Å². The molecule has 0 spiro atoms. The van der Waals surface area contributed by atoms with E-state index in [1.807, 2.05) is 31.1 Å². The fraction of sp³-hybridized carbons (Fsp3) is 0.308. The van der Waals surface area contributed by atoms with Gasteiger partial charge >= 0.3 is 5.97 Å². The van der Waals surface area contributed by atoms with Gasteiger partial charge in [-0.05, 0) is 30.7 Å². The molecule has 0 aliphatic rings. The maximum Gasteiger partial charge on any atom is 0.367 e. The molecule has 0 aromatic heterocycles. The standard InChI is InChI=1S/C13H16FNO2/c1-4-17-13(16)12(14)9-10-5-7-11(8-6-10)15(2)3/h5-9H,4H2,1-3H3/b12-9-. The molecule has 0 aliphatic heterocycles. The van der Waals surface area contributed by atoms with Crippen LogP contribution in [0.15, 0.2) is 30.1 Å². The number of carbonyl (C=O) groups is 1. The van der Waals surface area contributed by atoms with Gasteiger partial charge in [-0.1, -0.05) is 12.1 Å². The quantitative estimate of drug-likeness (QED) is 0.595. The third-order valence-electron chi connectivity index (χ3n) is 2.17. The summed E-state index contributed by atoms with van der Waals surface area (Å²) in [5.41, 5.74) is 1.64. The summed E-state index contributed by atoms with van der Waals surface area (Å²) in [4.78, 5) is 13.0. The molecule has 1 aromatic carbocycles. The first-order valence-corrected chi connectivity index (χ1v) is 5.36. The van der Waals surface area contributed by atoms with Crippen molar-refractivity contribution < 1.29 is 13.9 Å². The van der Waals surface area contributed by atoms with Gasteiger partial charge < -0.3 is 9.64 Å². The zero-order chi connectivity index (χ0) is 12.8. The van der Waals surface area contributed by atoms with E-state index in [1.165, 1.54) is 0 Å². The maximum absolute atomic E-state index is 13.3. The van der Waals surface area contributed by atoms with Crippen LogP contribution in [-0.4, -0.2) is 26.7 Å². The van der Waals surface area contributed by atoms with Crippen LogP contribution in [0.25, 0.3) is 6.08 Å². The highest BCUT2D eigenvalue weighted by molar-refractivity contribution is 5.91. The van der Waals surface area contributed by atoms with Crippen molar-refractivity contribution in [3.8, 4) is 0 Å². The molecule has 1 aromatic rings. The first-order chi connectivity index (χ1) is 8.04. The van der Waals surface area contributed by atoms with Gasteiger partial charge in [-0.25, -0.2) is 4.79 Å². The van der Waals surface area contributed by atoms with E-state index < -0.39 is 11.8 Å². The molecule has 0 aliphatic carbocycles. The highest BCUT2D eigenvalue weighted by Crippen LogP contribution is 2.15. The van der Waals surface area contributed by atoms with Crippen LogP contribution in [-0.2, 0) is 9.53 Å². The Morgan fingerprint density at radius 3 is 2.41 bits per heavy atom. The lowest BCUT2D eigenvalue weighted by molar-refractivity contribution is -0.140. The van der Waals surface area contributed by atoms with Crippen molar-refractivity contribution in [2.75, 3.05) is 25.6 Å². The van der Waals surface area contributed by atoms with Crippen LogP contribution in [0.5, 0.6) is 0 Å². The average Bonchev–Trinajstić information content (AvgIpc) is 2.30. The molecule has 0 radical (unpaired) electrons. The van der Waals surface area contributed by atoms with E-state index in [4.69, 9.17) is 0 Å². The third-order valence-corrected chi connectivity index (χ3v) is 2.17. The molecule has 0 bridgehead atoms. The second-order valence-electron chi connectivity index (χ2n) is 3.70.